The van der Waals surface area contributed by atoms with Gasteiger partial charge in [0.25, 0.3) is 0 Å². The van der Waals surface area contributed by atoms with Gasteiger partial charge in [0.1, 0.15) is 0 Å². The van der Waals surface area contributed by atoms with Gasteiger partial charge in [-0.1, -0.05) is 32.3 Å². The van der Waals surface area contributed by atoms with Gasteiger partial charge in [-0.05, 0) is 54.7 Å². The lowest BCUT2D eigenvalue weighted by Crippen LogP contribution is -2.40. The smallest absolute Gasteiger partial charge is 0.175 e. The summed E-state index contributed by atoms with van der Waals surface area (Å²) in [6.07, 6.45) is 5.50. The summed E-state index contributed by atoms with van der Waals surface area (Å²) < 4.78 is 47.7. The Morgan fingerprint density at radius 1 is 1.19 bits per heavy atom. The molecule has 1 N–H and O–H groups in total. The average Bonchev–Trinajstić information content (AvgIpc) is 2.64. The molecule has 3 rings (SSSR count). The van der Waals surface area contributed by atoms with Gasteiger partial charge in [-0.3, -0.25) is 0 Å². The molecule has 0 amide bonds. The second-order valence-corrected chi connectivity index (χ2v) is 7.29. The minimum atomic E-state index is -1.21. The molecule has 1 fully saturated rings. The standard InChI is InChI=1S/C21H25F3O2/c1-3-14-6-4-5-10-21(14,25)11-9-13-12-16(22)19(23)18-15(13)7-8-17(26-2)20(18)24/h7-8,12,14,25H,3-6,9-11H2,1-2H3. The highest BCUT2D eigenvalue weighted by atomic mass is 19.2. The second kappa shape index (κ2) is 7.47. The fourth-order valence-electron chi connectivity index (χ4n) is 4.38. The van der Waals surface area contributed by atoms with E-state index in [1.807, 2.05) is 0 Å². The summed E-state index contributed by atoms with van der Waals surface area (Å²) in [4.78, 5) is 0. The summed E-state index contributed by atoms with van der Waals surface area (Å²) in [5.74, 6) is -3.09. The number of fused-ring (bicyclic) bond motifs is 1. The molecule has 2 nitrogen and oxygen atoms in total. The van der Waals surface area contributed by atoms with Crippen LogP contribution in [0, 0.1) is 23.4 Å². The van der Waals surface area contributed by atoms with Gasteiger partial charge in [-0.25, -0.2) is 13.2 Å². The van der Waals surface area contributed by atoms with E-state index in [0.29, 0.717) is 23.8 Å². The maximum Gasteiger partial charge on any atom is 0.175 e. The first-order valence-electron chi connectivity index (χ1n) is 9.26. The number of aliphatic hydroxyl groups is 1. The van der Waals surface area contributed by atoms with Gasteiger partial charge in [0, 0.05) is 0 Å². The molecule has 2 atom stereocenters. The predicted molar refractivity (Wildman–Crippen MR) is 95.9 cm³/mol. The fourth-order valence-corrected chi connectivity index (χ4v) is 4.38. The van der Waals surface area contributed by atoms with Crippen molar-refractivity contribution in [2.45, 2.75) is 57.5 Å². The van der Waals surface area contributed by atoms with Crippen molar-refractivity contribution < 1.29 is 23.0 Å². The van der Waals surface area contributed by atoms with E-state index >= 15 is 0 Å². The number of methoxy groups -OCH3 is 1. The lowest BCUT2D eigenvalue weighted by molar-refractivity contribution is -0.0559. The van der Waals surface area contributed by atoms with Gasteiger partial charge in [-0.15, -0.1) is 0 Å². The number of ether oxygens (including phenoxy) is 1. The molecule has 1 saturated carbocycles. The minimum Gasteiger partial charge on any atom is -0.494 e. The summed E-state index contributed by atoms with van der Waals surface area (Å²) in [6, 6.07) is 4.09. The van der Waals surface area contributed by atoms with Crippen molar-refractivity contribution in [2.75, 3.05) is 7.11 Å². The molecule has 0 aliphatic heterocycles. The van der Waals surface area contributed by atoms with Crippen molar-refractivity contribution in [3.63, 3.8) is 0 Å². The van der Waals surface area contributed by atoms with E-state index in [4.69, 9.17) is 4.74 Å². The lowest BCUT2D eigenvalue weighted by Gasteiger charge is -2.40. The van der Waals surface area contributed by atoms with E-state index in [2.05, 4.69) is 6.92 Å². The Labute approximate surface area is 152 Å². The van der Waals surface area contributed by atoms with E-state index in [1.54, 1.807) is 6.07 Å². The van der Waals surface area contributed by atoms with Crippen LogP contribution < -0.4 is 4.74 Å². The van der Waals surface area contributed by atoms with Gasteiger partial charge in [0.05, 0.1) is 18.1 Å². The van der Waals surface area contributed by atoms with E-state index < -0.39 is 23.1 Å². The summed E-state index contributed by atoms with van der Waals surface area (Å²) in [5, 5.41) is 11.0. The highest BCUT2D eigenvalue weighted by Crippen LogP contribution is 2.40. The van der Waals surface area contributed by atoms with Crippen molar-refractivity contribution in [3.8, 4) is 5.75 Å². The third-order valence-electron chi connectivity index (χ3n) is 5.89. The zero-order valence-corrected chi connectivity index (χ0v) is 15.2. The number of hydrogen-bond donors (Lipinski definition) is 1. The van der Waals surface area contributed by atoms with Crippen molar-refractivity contribution in [3.05, 3.63) is 41.2 Å². The Hall–Kier alpha value is -1.75. The topological polar surface area (TPSA) is 29.5 Å². The molecule has 0 radical (unpaired) electrons. The number of rotatable bonds is 5. The summed E-state index contributed by atoms with van der Waals surface area (Å²) in [6.45, 7) is 2.07. The van der Waals surface area contributed by atoms with E-state index in [9.17, 15) is 18.3 Å². The molecule has 5 heteroatoms. The first-order chi connectivity index (χ1) is 12.4. The first kappa shape index (κ1) is 19.0. The molecule has 1 aliphatic carbocycles. The molecule has 0 heterocycles. The minimum absolute atomic E-state index is 0.120. The Bertz CT molecular complexity index is 806. The Morgan fingerprint density at radius 2 is 1.96 bits per heavy atom. The molecule has 0 bridgehead atoms. The number of benzene rings is 2. The van der Waals surface area contributed by atoms with Gasteiger partial charge in [-0.2, -0.15) is 0 Å². The van der Waals surface area contributed by atoms with E-state index in [0.717, 1.165) is 38.2 Å². The number of hydrogen-bond acceptors (Lipinski definition) is 2. The van der Waals surface area contributed by atoms with Crippen LogP contribution >= 0.6 is 0 Å². The maximum absolute atomic E-state index is 14.5. The normalized spacial score (nSPS) is 23.4. The SMILES string of the molecule is CCC1CCCCC1(O)CCc1cc(F)c(F)c2c(F)c(OC)ccc12. The van der Waals surface area contributed by atoms with E-state index in [1.165, 1.54) is 13.2 Å². The maximum atomic E-state index is 14.5. The van der Waals surface area contributed by atoms with E-state index in [-0.39, 0.29) is 17.1 Å². The van der Waals surface area contributed by atoms with Crippen molar-refractivity contribution in [1.82, 2.24) is 0 Å². The largest absolute Gasteiger partial charge is 0.494 e. The van der Waals surface area contributed by atoms with Crippen LogP contribution in [-0.2, 0) is 6.42 Å². The molecule has 26 heavy (non-hydrogen) atoms. The highest BCUT2D eigenvalue weighted by molar-refractivity contribution is 5.88. The fraction of sp³-hybridized carbons (Fsp3) is 0.524. The van der Waals surface area contributed by atoms with Gasteiger partial charge < -0.3 is 9.84 Å². The van der Waals surface area contributed by atoms with Gasteiger partial charge in [0.2, 0.25) is 0 Å². The van der Waals surface area contributed by atoms with Gasteiger partial charge in [0.15, 0.2) is 23.2 Å². The summed E-state index contributed by atoms with van der Waals surface area (Å²) in [7, 11) is 1.28. The van der Waals surface area contributed by atoms with Crippen molar-refractivity contribution in [2.24, 2.45) is 5.92 Å². The van der Waals surface area contributed by atoms with Crippen LogP contribution in [0.1, 0.15) is 51.0 Å². The second-order valence-electron chi connectivity index (χ2n) is 7.29. The molecule has 2 aromatic carbocycles. The van der Waals surface area contributed by atoms with Crippen LogP contribution in [0.25, 0.3) is 10.8 Å². The number of halogens is 3. The quantitative estimate of drug-likeness (QED) is 0.754. The molecular weight excluding hydrogens is 341 g/mol. The average molecular weight is 366 g/mol. The molecule has 1 aliphatic rings. The van der Waals surface area contributed by atoms with Crippen molar-refractivity contribution in [1.29, 1.82) is 0 Å². The Morgan fingerprint density at radius 3 is 2.65 bits per heavy atom. The lowest BCUT2D eigenvalue weighted by atomic mass is 9.71. The zero-order valence-electron chi connectivity index (χ0n) is 15.2. The molecule has 0 spiro atoms. The predicted octanol–water partition coefficient (Wildman–Crippen LogP) is 5.53. The molecule has 0 aromatic heterocycles. The van der Waals surface area contributed by atoms with Crippen LogP contribution in [-0.4, -0.2) is 17.8 Å². The van der Waals surface area contributed by atoms with Crippen LogP contribution in [0.5, 0.6) is 5.75 Å². The van der Waals surface area contributed by atoms with Gasteiger partial charge >= 0.3 is 0 Å². The highest BCUT2D eigenvalue weighted by Gasteiger charge is 2.37. The van der Waals surface area contributed by atoms with Crippen molar-refractivity contribution >= 4 is 10.8 Å². The van der Waals surface area contributed by atoms with Crippen LogP contribution in [0.4, 0.5) is 13.2 Å². The monoisotopic (exact) mass is 366 g/mol. The third-order valence-corrected chi connectivity index (χ3v) is 5.89. The summed E-state index contributed by atoms with van der Waals surface area (Å²) >= 11 is 0. The molecule has 2 unspecified atom stereocenters. The molecular formula is C21H25F3O2. The summed E-state index contributed by atoms with van der Waals surface area (Å²) in [5.41, 5.74) is -0.288. The zero-order chi connectivity index (χ0) is 18.9. The molecule has 142 valence electrons. The van der Waals surface area contributed by atoms with Crippen LogP contribution in [0.2, 0.25) is 0 Å². The Balaban J connectivity index is 1.98. The third kappa shape index (κ3) is 3.29. The first-order valence-corrected chi connectivity index (χ1v) is 9.26. The Kier molecular flexibility index (Phi) is 5.47. The molecule has 2 aromatic rings. The molecule has 0 saturated heterocycles. The van der Waals surface area contributed by atoms with Crippen LogP contribution in [0.15, 0.2) is 18.2 Å². The number of aryl methyl sites for hydroxylation is 1. The van der Waals surface area contributed by atoms with Crippen LogP contribution in [0.3, 0.4) is 0 Å².